The summed E-state index contributed by atoms with van der Waals surface area (Å²) in [5.74, 6) is 0.665. The molecule has 3 rings (SSSR count). The molecule has 1 atom stereocenters. The van der Waals surface area contributed by atoms with Crippen LogP contribution in [-0.2, 0) is 6.54 Å². The van der Waals surface area contributed by atoms with Gasteiger partial charge in [0, 0.05) is 0 Å². The van der Waals surface area contributed by atoms with Gasteiger partial charge in [0.15, 0.2) is 0 Å². The summed E-state index contributed by atoms with van der Waals surface area (Å²) in [7, 11) is 0. The average molecular weight is 297 g/mol. The van der Waals surface area contributed by atoms with E-state index < -0.39 is 6.10 Å². The first-order chi connectivity index (χ1) is 10.7. The number of fused-ring (bicyclic) bond motifs is 1. The summed E-state index contributed by atoms with van der Waals surface area (Å²) in [6.07, 6.45) is -0.853. The lowest BCUT2D eigenvalue weighted by molar-refractivity contribution is 0.0873. The van der Waals surface area contributed by atoms with Crippen molar-refractivity contribution in [3.05, 3.63) is 65.0 Å². The minimum Gasteiger partial charge on any atom is -0.491 e. The van der Waals surface area contributed by atoms with E-state index in [1.165, 1.54) is 0 Å². The number of rotatable bonds is 5. The predicted molar refractivity (Wildman–Crippen MR) is 81.7 cm³/mol. The Hall–Kier alpha value is -2.73. The Bertz CT molecular complexity index is 817. The number of hydrogen-bond acceptors (Lipinski definition) is 5. The van der Waals surface area contributed by atoms with E-state index in [9.17, 15) is 9.90 Å². The number of nitrogens with zero attached hydrogens (tertiary/aromatic N) is 3. The van der Waals surface area contributed by atoms with Crippen molar-refractivity contribution < 1.29 is 9.84 Å². The van der Waals surface area contributed by atoms with E-state index in [0.29, 0.717) is 16.7 Å². The van der Waals surface area contributed by atoms with Crippen molar-refractivity contribution in [2.45, 2.75) is 12.6 Å². The first kappa shape index (κ1) is 14.2. The maximum Gasteiger partial charge on any atom is 0.277 e. The molecule has 112 valence electrons. The number of aromatic nitrogens is 3. The highest BCUT2D eigenvalue weighted by molar-refractivity contribution is 5.76. The Kier molecular flexibility index (Phi) is 4.11. The van der Waals surface area contributed by atoms with Gasteiger partial charge < -0.3 is 9.84 Å². The summed E-state index contributed by atoms with van der Waals surface area (Å²) in [6, 6.07) is 16.2. The Morgan fingerprint density at radius 3 is 2.64 bits per heavy atom. The molecule has 0 saturated heterocycles. The van der Waals surface area contributed by atoms with Gasteiger partial charge >= 0.3 is 0 Å². The van der Waals surface area contributed by atoms with E-state index in [4.69, 9.17) is 4.74 Å². The summed E-state index contributed by atoms with van der Waals surface area (Å²) in [6.45, 7) is 0.106. The van der Waals surface area contributed by atoms with E-state index >= 15 is 0 Å². The van der Waals surface area contributed by atoms with E-state index in [-0.39, 0.29) is 18.7 Å². The number of ether oxygens (including phenoxy) is 1. The van der Waals surface area contributed by atoms with Crippen molar-refractivity contribution in [2.24, 2.45) is 0 Å². The van der Waals surface area contributed by atoms with Crippen molar-refractivity contribution in [1.29, 1.82) is 0 Å². The highest BCUT2D eigenvalue weighted by atomic mass is 16.5. The third-order valence-electron chi connectivity index (χ3n) is 3.20. The molecular formula is C16H15N3O3. The monoisotopic (exact) mass is 297 g/mol. The Balaban J connectivity index is 1.70. The quantitative estimate of drug-likeness (QED) is 0.766. The summed E-state index contributed by atoms with van der Waals surface area (Å²) in [5.41, 5.74) is 0.267. The van der Waals surface area contributed by atoms with Crippen LogP contribution in [0.1, 0.15) is 0 Å². The van der Waals surface area contributed by atoms with Crippen LogP contribution in [-0.4, -0.2) is 32.8 Å². The Morgan fingerprint density at radius 1 is 1.09 bits per heavy atom. The molecule has 0 aliphatic carbocycles. The predicted octanol–water partition coefficient (Wildman–Crippen LogP) is 1.23. The van der Waals surface area contributed by atoms with Crippen LogP contribution < -0.4 is 10.3 Å². The summed E-state index contributed by atoms with van der Waals surface area (Å²) in [5, 5.41) is 18.3. The minimum absolute atomic E-state index is 0.0313. The molecule has 0 aliphatic rings. The zero-order chi connectivity index (χ0) is 15.4. The molecule has 0 spiro atoms. The average Bonchev–Trinajstić information content (AvgIpc) is 2.57. The van der Waals surface area contributed by atoms with Gasteiger partial charge in [-0.25, -0.2) is 4.68 Å². The first-order valence-electron chi connectivity index (χ1n) is 6.92. The second-order valence-corrected chi connectivity index (χ2v) is 4.87. The van der Waals surface area contributed by atoms with Crippen LogP contribution in [0.3, 0.4) is 0 Å². The smallest absolute Gasteiger partial charge is 0.277 e. The van der Waals surface area contributed by atoms with Crippen molar-refractivity contribution in [3.8, 4) is 5.75 Å². The molecule has 1 aromatic heterocycles. The molecule has 0 bridgehead atoms. The fourth-order valence-corrected chi connectivity index (χ4v) is 2.10. The van der Waals surface area contributed by atoms with Gasteiger partial charge in [0.25, 0.3) is 5.56 Å². The third-order valence-corrected chi connectivity index (χ3v) is 3.20. The lowest BCUT2D eigenvalue weighted by Crippen LogP contribution is -2.32. The van der Waals surface area contributed by atoms with E-state index in [1.807, 2.05) is 18.2 Å². The third kappa shape index (κ3) is 3.12. The van der Waals surface area contributed by atoms with Crippen molar-refractivity contribution in [2.75, 3.05) is 6.61 Å². The van der Waals surface area contributed by atoms with Gasteiger partial charge in [-0.15, -0.1) is 5.10 Å². The second-order valence-electron chi connectivity index (χ2n) is 4.87. The van der Waals surface area contributed by atoms with Gasteiger partial charge in [-0.1, -0.05) is 35.5 Å². The lowest BCUT2D eigenvalue weighted by atomic mass is 10.2. The van der Waals surface area contributed by atoms with Gasteiger partial charge in [-0.3, -0.25) is 4.79 Å². The summed E-state index contributed by atoms with van der Waals surface area (Å²) >= 11 is 0. The first-order valence-corrected chi connectivity index (χ1v) is 6.92. The molecule has 0 aliphatic heterocycles. The molecule has 0 amide bonds. The van der Waals surface area contributed by atoms with Gasteiger partial charge in [-0.2, -0.15) is 0 Å². The SMILES string of the molecule is O=c1c2ccccc2nnn1C[C@H](O)COc1ccccc1. The standard InChI is InChI=1S/C16H15N3O3/c20-12(11-22-13-6-2-1-3-7-13)10-19-16(21)14-8-4-5-9-15(14)17-18-19/h1-9,12,20H,10-11H2/t12-/m0/s1. The van der Waals surface area contributed by atoms with E-state index in [0.717, 1.165) is 4.68 Å². The highest BCUT2D eigenvalue weighted by Gasteiger charge is 2.11. The molecule has 22 heavy (non-hydrogen) atoms. The van der Waals surface area contributed by atoms with Crippen LogP contribution in [0.4, 0.5) is 0 Å². The zero-order valence-corrected chi connectivity index (χ0v) is 11.8. The van der Waals surface area contributed by atoms with Gasteiger partial charge in [0.05, 0.1) is 11.9 Å². The number of hydrogen-bond donors (Lipinski definition) is 1. The van der Waals surface area contributed by atoms with E-state index in [1.54, 1.807) is 36.4 Å². The molecule has 0 fully saturated rings. The molecule has 1 N–H and O–H groups in total. The van der Waals surface area contributed by atoms with Crippen LogP contribution in [0.5, 0.6) is 5.75 Å². The molecule has 0 unspecified atom stereocenters. The molecule has 0 radical (unpaired) electrons. The zero-order valence-electron chi connectivity index (χ0n) is 11.8. The largest absolute Gasteiger partial charge is 0.491 e. The van der Waals surface area contributed by atoms with E-state index in [2.05, 4.69) is 10.3 Å². The number of para-hydroxylation sites is 1. The van der Waals surface area contributed by atoms with Gasteiger partial charge in [0.1, 0.15) is 24.0 Å². The maximum atomic E-state index is 12.2. The van der Waals surface area contributed by atoms with Crippen LogP contribution in [0.25, 0.3) is 10.9 Å². The molecule has 3 aromatic rings. The molecule has 0 saturated carbocycles. The fraction of sp³-hybridized carbons (Fsp3) is 0.188. The van der Waals surface area contributed by atoms with Crippen molar-refractivity contribution >= 4 is 10.9 Å². The Labute approximate surface area is 126 Å². The van der Waals surface area contributed by atoms with Crippen LogP contribution >= 0.6 is 0 Å². The maximum absolute atomic E-state index is 12.2. The van der Waals surface area contributed by atoms with Crippen LogP contribution in [0, 0.1) is 0 Å². The molecule has 6 heteroatoms. The Morgan fingerprint density at radius 2 is 1.82 bits per heavy atom. The normalized spacial score (nSPS) is 12.2. The minimum atomic E-state index is -0.853. The van der Waals surface area contributed by atoms with Crippen molar-refractivity contribution in [1.82, 2.24) is 15.0 Å². The molecule has 1 heterocycles. The summed E-state index contributed by atoms with van der Waals surface area (Å²) in [4.78, 5) is 12.2. The van der Waals surface area contributed by atoms with Crippen LogP contribution in [0.2, 0.25) is 0 Å². The topological polar surface area (TPSA) is 77.2 Å². The number of benzene rings is 2. The molecule has 2 aromatic carbocycles. The van der Waals surface area contributed by atoms with Gasteiger partial charge in [-0.05, 0) is 24.3 Å². The van der Waals surface area contributed by atoms with Gasteiger partial charge in [0.2, 0.25) is 0 Å². The fourth-order valence-electron chi connectivity index (χ4n) is 2.10. The number of aliphatic hydroxyl groups is 1. The highest BCUT2D eigenvalue weighted by Crippen LogP contribution is 2.09. The van der Waals surface area contributed by atoms with Crippen LogP contribution in [0.15, 0.2) is 59.4 Å². The lowest BCUT2D eigenvalue weighted by Gasteiger charge is -2.13. The van der Waals surface area contributed by atoms with Crippen molar-refractivity contribution in [3.63, 3.8) is 0 Å². The molecular weight excluding hydrogens is 282 g/mol. The number of aliphatic hydroxyl groups excluding tert-OH is 1. The molecule has 6 nitrogen and oxygen atoms in total. The summed E-state index contributed by atoms with van der Waals surface area (Å²) < 4.78 is 6.61. The second kappa shape index (κ2) is 6.36.